The number of likely N-dealkylation sites (tertiary alicyclic amines) is 1. The Kier molecular flexibility index (Phi) is 4.53. The Bertz CT molecular complexity index is 466. The van der Waals surface area contributed by atoms with Crippen molar-refractivity contribution < 1.29 is 5.11 Å². The van der Waals surface area contributed by atoms with Crippen molar-refractivity contribution in [1.29, 1.82) is 0 Å². The van der Waals surface area contributed by atoms with Crippen LogP contribution in [0.5, 0.6) is 0 Å². The number of thiophene rings is 1. The molecule has 3 rings (SSSR count). The van der Waals surface area contributed by atoms with Crippen molar-refractivity contribution in [3.63, 3.8) is 0 Å². The Hall–Kier alpha value is 0.0600. The molecule has 20 heavy (non-hydrogen) atoms. The van der Waals surface area contributed by atoms with Gasteiger partial charge in [0.2, 0.25) is 0 Å². The molecule has 0 aromatic carbocycles. The summed E-state index contributed by atoms with van der Waals surface area (Å²) in [4.78, 5) is 3.82. The average molecular weight is 359 g/mol. The smallest absolute Gasteiger partial charge is 0.0700 e. The molecule has 2 heterocycles. The van der Waals surface area contributed by atoms with Gasteiger partial charge in [-0.1, -0.05) is 12.8 Å². The molecule has 3 atom stereocenters. The van der Waals surface area contributed by atoms with Gasteiger partial charge in [0.25, 0.3) is 0 Å². The van der Waals surface area contributed by atoms with Crippen molar-refractivity contribution in [1.82, 2.24) is 4.90 Å². The van der Waals surface area contributed by atoms with E-state index in [2.05, 4.69) is 32.3 Å². The molecule has 1 saturated carbocycles. The summed E-state index contributed by atoms with van der Waals surface area (Å²) in [5.74, 6) is 0.433. The molecule has 1 aromatic rings. The van der Waals surface area contributed by atoms with E-state index in [-0.39, 0.29) is 0 Å². The normalized spacial score (nSPS) is 32.9. The van der Waals surface area contributed by atoms with E-state index in [9.17, 15) is 5.11 Å². The highest BCUT2D eigenvalue weighted by molar-refractivity contribution is 9.10. The van der Waals surface area contributed by atoms with Crippen LogP contribution >= 0.6 is 27.3 Å². The fourth-order valence-corrected chi connectivity index (χ4v) is 5.42. The molecular weight excluding hydrogens is 336 g/mol. The topological polar surface area (TPSA) is 49.5 Å². The van der Waals surface area contributed by atoms with E-state index < -0.39 is 5.60 Å². The highest BCUT2D eigenvalue weighted by atomic mass is 79.9. The molecule has 1 aromatic heterocycles. The van der Waals surface area contributed by atoms with Crippen molar-refractivity contribution in [2.45, 2.75) is 43.7 Å². The van der Waals surface area contributed by atoms with Gasteiger partial charge in [-0.05, 0) is 41.3 Å². The number of nitrogens with two attached hydrogens (primary N) is 1. The first-order valence-electron chi connectivity index (χ1n) is 7.53. The van der Waals surface area contributed by atoms with Crippen LogP contribution in [0.2, 0.25) is 0 Å². The van der Waals surface area contributed by atoms with Crippen LogP contribution < -0.4 is 5.73 Å². The summed E-state index contributed by atoms with van der Waals surface area (Å²) in [5.41, 5.74) is 5.63. The van der Waals surface area contributed by atoms with Gasteiger partial charge < -0.3 is 10.8 Å². The molecule has 0 radical (unpaired) electrons. The summed E-state index contributed by atoms with van der Waals surface area (Å²) in [6, 6.07) is 2.49. The number of rotatable bonds is 3. The molecular formula is C15H23BrN2OS. The third-order valence-corrected chi connectivity index (χ3v) is 6.83. The summed E-state index contributed by atoms with van der Waals surface area (Å²) in [6.45, 7) is 2.61. The van der Waals surface area contributed by atoms with Gasteiger partial charge in [0.1, 0.15) is 0 Å². The number of aliphatic hydroxyl groups is 1. The van der Waals surface area contributed by atoms with Crippen LogP contribution in [0, 0.1) is 5.92 Å². The first-order chi connectivity index (χ1) is 9.62. The fourth-order valence-electron chi connectivity index (χ4n) is 3.83. The van der Waals surface area contributed by atoms with E-state index >= 15 is 0 Å². The number of fused-ring (bicyclic) bond motifs is 1. The van der Waals surface area contributed by atoms with Gasteiger partial charge in [-0.2, -0.15) is 0 Å². The minimum atomic E-state index is -0.399. The molecule has 112 valence electrons. The van der Waals surface area contributed by atoms with Crippen LogP contribution in [-0.2, 0) is 0 Å². The van der Waals surface area contributed by atoms with Gasteiger partial charge in [-0.15, -0.1) is 11.3 Å². The SMILES string of the molecule is NCC(c1cc(Br)cs1)N1CCC2(O)CCCCC2C1. The van der Waals surface area contributed by atoms with Crippen molar-refractivity contribution in [3.05, 3.63) is 20.8 Å². The molecule has 3 unspecified atom stereocenters. The highest BCUT2D eigenvalue weighted by Gasteiger charge is 2.44. The van der Waals surface area contributed by atoms with Crippen molar-refractivity contribution in [3.8, 4) is 0 Å². The lowest BCUT2D eigenvalue weighted by atomic mass is 9.71. The molecule has 2 fully saturated rings. The largest absolute Gasteiger partial charge is 0.390 e. The van der Waals surface area contributed by atoms with Gasteiger partial charge in [-0.25, -0.2) is 0 Å². The number of halogens is 1. The number of nitrogens with zero attached hydrogens (tertiary/aromatic N) is 1. The maximum Gasteiger partial charge on any atom is 0.0700 e. The molecule has 0 bridgehead atoms. The minimum absolute atomic E-state index is 0.303. The third-order valence-electron chi connectivity index (χ3n) is 5.04. The van der Waals surface area contributed by atoms with Crippen molar-refractivity contribution >= 4 is 27.3 Å². The fraction of sp³-hybridized carbons (Fsp3) is 0.733. The molecule has 5 heteroatoms. The van der Waals surface area contributed by atoms with Gasteiger partial charge in [-0.3, -0.25) is 4.90 Å². The summed E-state index contributed by atoms with van der Waals surface area (Å²) in [7, 11) is 0. The first-order valence-corrected chi connectivity index (χ1v) is 9.20. The lowest BCUT2D eigenvalue weighted by Crippen LogP contribution is -2.54. The van der Waals surface area contributed by atoms with Crippen LogP contribution in [-0.4, -0.2) is 35.2 Å². The quantitative estimate of drug-likeness (QED) is 0.872. The third kappa shape index (κ3) is 2.83. The van der Waals surface area contributed by atoms with Crippen molar-refractivity contribution in [2.24, 2.45) is 11.7 Å². The lowest BCUT2D eigenvalue weighted by Gasteiger charge is -2.49. The van der Waals surface area contributed by atoms with E-state index in [1.165, 1.54) is 24.1 Å². The zero-order chi connectivity index (χ0) is 14.2. The standard InChI is InChI=1S/C15H23BrN2OS/c16-12-7-14(20-10-12)13(8-17)18-6-5-15(19)4-2-1-3-11(15)9-18/h7,10-11,13,19H,1-6,8-9,17H2. The Morgan fingerprint density at radius 1 is 1.50 bits per heavy atom. The monoisotopic (exact) mass is 358 g/mol. The zero-order valence-corrected chi connectivity index (χ0v) is 14.1. The molecule has 3 N–H and O–H groups in total. The Labute approximate surface area is 133 Å². The summed E-state index contributed by atoms with van der Waals surface area (Å²) < 4.78 is 1.14. The van der Waals surface area contributed by atoms with Crippen LogP contribution in [0.15, 0.2) is 15.9 Å². The maximum absolute atomic E-state index is 10.8. The van der Waals surface area contributed by atoms with Gasteiger partial charge in [0.05, 0.1) is 11.6 Å². The number of piperidine rings is 1. The Morgan fingerprint density at radius 2 is 2.35 bits per heavy atom. The number of hydrogen-bond acceptors (Lipinski definition) is 4. The zero-order valence-electron chi connectivity index (χ0n) is 11.7. The predicted molar refractivity (Wildman–Crippen MR) is 86.9 cm³/mol. The molecule has 0 amide bonds. The van der Waals surface area contributed by atoms with Crippen LogP contribution in [0.4, 0.5) is 0 Å². The molecule has 1 saturated heterocycles. The summed E-state index contributed by atoms with van der Waals surface area (Å²) in [5, 5.41) is 12.9. The van der Waals surface area contributed by atoms with Gasteiger partial charge in [0.15, 0.2) is 0 Å². The van der Waals surface area contributed by atoms with E-state index in [1.54, 1.807) is 11.3 Å². The molecule has 2 aliphatic rings. The maximum atomic E-state index is 10.8. The summed E-state index contributed by atoms with van der Waals surface area (Å²) >= 11 is 5.30. The van der Waals surface area contributed by atoms with Crippen LogP contribution in [0.3, 0.4) is 0 Å². The van der Waals surface area contributed by atoms with Gasteiger partial charge in [0, 0.05) is 40.3 Å². The number of hydrogen-bond donors (Lipinski definition) is 2. The van der Waals surface area contributed by atoms with E-state index in [0.717, 1.165) is 30.4 Å². The van der Waals surface area contributed by atoms with Gasteiger partial charge >= 0.3 is 0 Å². The molecule has 0 spiro atoms. The van der Waals surface area contributed by atoms with E-state index in [4.69, 9.17) is 5.73 Å². The second-order valence-electron chi connectivity index (χ2n) is 6.21. The highest BCUT2D eigenvalue weighted by Crippen LogP contribution is 2.42. The molecule has 3 nitrogen and oxygen atoms in total. The van der Waals surface area contributed by atoms with Crippen LogP contribution in [0.25, 0.3) is 0 Å². The Balaban J connectivity index is 1.74. The van der Waals surface area contributed by atoms with Crippen LogP contribution in [0.1, 0.15) is 43.0 Å². The van der Waals surface area contributed by atoms with E-state index in [1.807, 2.05) is 0 Å². The predicted octanol–water partition coefficient (Wildman–Crippen LogP) is 3.14. The minimum Gasteiger partial charge on any atom is -0.390 e. The second-order valence-corrected chi connectivity index (χ2v) is 8.07. The summed E-state index contributed by atoms with van der Waals surface area (Å²) in [6.07, 6.45) is 5.51. The van der Waals surface area contributed by atoms with E-state index in [0.29, 0.717) is 18.5 Å². The molecule has 1 aliphatic carbocycles. The Morgan fingerprint density at radius 3 is 3.05 bits per heavy atom. The lowest BCUT2D eigenvalue weighted by molar-refractivity contribution is -0.102. The average Bonchev–Trinajstić information content (AvgIpc) is 2.86. The van der Waals surface area contributed by atoms with Crippen molar-refractivity contribution in [2.75, 3.05) is 19.6 Å². The molecule has 1 aliphatic heterocycles. The second kappa shape index (κ2) is 6.05. The first kappa shape index (κ1) is 15.0.